The molecule has 1 aliphatic rings. The lowest BCUT2D eigenvalue weighted by atomic mass is 10.1. The molecule has 8 nitrogen and oxygen atoms in total. The largest absolute Gasteiger partial charge is 0.369 e. The Hall–Kier alpha value is -3.43. The number of piperazine rings is 1. The van der Waals surface area contributed by atoms with Crippen LogP contribution in [0, 0.1) is 0 Å². The standard InChI is InChI=1S/C25H28N6O2S/c1-29-14-16-30(17-15-29)20-11-9-19(10-12-20)18-24-27-25-22(7-5-13-31(25)28-24)26-21-6-3-4-8-23(21)34(2,32)33/h3-13,26H,14-18H2,1-2H3. The monoisotopic (exact) mass is 476 g/mol. The molecule has 0 atom stereocenters. The quantitative estimate of drug-likeness (QED) is 0.458. The van der Waals surface area contributed by atoms with E-state index in [2.05, 4.69) is 51.5 Å². The molecular weight excluding hydrogens is 448 g/mol. The molecule has 0 spiro atoms. The van der Waals surface area contributed by atoms with Gasteiger partial charge in [0, 0.05) is 50.7 Å². The number of fused-ring (bicyclic) bond motifs is 1. The van der Waals surface area contributed by atoms with Crippen LogP contribution < -0.4 is 10.2 Å². The Kier molecular flexibility index (Phi) is 5.97. The van der Waals surface area contributed by atoms with Gasteiger partial charge in [-0.05, 0) is 49.0 Å². The molecule has 1 fully saturated rings. The van der Waals surface area contributed by atoms with E-state index in [0.717, 1.165) is 31.7 Å². The van der Waals surface area contributed by atoms with E-state index >= 15 is 0 Å². The van der Waals surface area contributed by atoms with Crippen molar-refractivity contribution in [3.05, 3.63) is 78.2 Å². The van der Waals surface area contributed by atoms with E-state index in [9.17, 15) is 8.42 Å². The van der Waals surface area contributed by atoms with Gasteiger partial charge in [0.2, 0.25) is 0 Å². The van der Waals surface area contributed by atoms with E-state index in [4.69, 9.17) is 4.98 Å². The van der Waals surface area contributed by atoms with Gasteiger partial charge < -0.3 is 15.1 Å². The van der Waals surface area contributed by atoms with Crippen molar-refractivity contribution in [1.29, 1.82) is 0 Å². The zero-order chi connectivity index (χ0) is 23.7. The van der Waals surface area contributed by atoms with Crippen molar-refractivity contribution in [2.24, 2.45) is 0 Å². The molecule has 3 heterocycles. The maximum absolute atomic E-state index is 12.2. The smallest absolute Gasteiger partial charge is 0.179 e. The minimum Gasteiger partial charge on any atom is -0.369 e. The maximum atomic E-state index is 12.2. The molecule has 34 heavy (non-hydrogen) atoms. The van der Waals surface area contributed by atoms with Gasteiger partial charge in [-0.2, -0.15) is 5.10 Å². The van der Waals surface area contributed by atoms with Crippen LogP contribution >= 0.6 is 0 Å². The summed E-state index contributed by atoms with van der Waals surface area (Å²) in [7, 11) is -1.21. The number of aromatic nitrogens is 3. The number of rotatable bonds is 6. The second-order valence-corrected chi connectivity index (χ2v) is 10.7. The predicted octanol–water partition coefficient (Wildman–Crippen LogP) is 3.22. The lowest BCUT2D eigenvalue weighted by molar-refractivity contribution is 0.313. The number of benzene rings is 2. The molecular formula is C25H28N6O2S. The zero-order valence-electron chi connectivity index (χ0n) is 19.3. The van der Waals surface area contributed by atoms with Crippen LogP contribution in [-0.4, -0.2) is 67.4 Å². The highest BCUT2D eigenvalue weighted by Gasteiger charge is 2.16. The molecule has 0 saturated carbocycles. The predicted molar refractivity (Wildman–Crippen MR) is 135 cm³/mol. The Morgan fingerprint density at radius 2 is 1.62 bits per heavy atom. The van der Waals surface area contributed by atoms with E-state index in [1.165, 1.54) is 11.9 Å². The fourth-order valence-electron chi connectivity index (χ4n) is 4.23. The van der Waals surface area contributed by atoms with Gasteiger partial charge in [-0.25, -0.2) is 17.9 Å². The third-order valence-corrected chi connectivity index (χ3v) is 7.28. The number of para-hydroxylation sites is 1. The zero-order valence-corrected chi connectivity index (χ0v) is 20.2. The molecule has 176 valence electrons. The third-order valence-electron chi connectivity index (χ3n) is 6.13. The average molecular weight is 477 g/mol. The highest BCUT2D eigenvalue weighted by molar-refractivity contribution is 7.90. The van der Waals surface area contributed by atoms with Crippen molar-refractivity contribution in [3.8, 4) is 0 Å². The molecule has 2 aromatic heterocycles. The molecule has 1 N–H and O–H groups in total. The second kappa shape index (κ2) is 9.08. The minimum absolute atomic E-state index is 0.247. The van der Waals surface area contributed by atoms with Gasteiger partial charge in [-0.15, -0.1) is 0 Å². The summed E-state index contributed by atoms with van der Waals surface area (Å²) in [5.41, 5.74) is 4.25. The number of anilines is 3. The summed E-state index contributed by atoms with van der Waals surface area (Å²) >= 11 is 0. The van der Waals surface area contributed by atoms with Crippen molar-refractivity contribution in [2.75, 3.05) is 49.7 Å². The SMILES string of the molecule is CN1CCN(c2ccc(Cc3nc4c(Nc5ccccc5S(C)(=O)=O)cccn4n3)cc2)CC1. The van der Waals surface area contributed by atoms with Crippen LogP contribution in [0.5, 0.6) is 0 Å². The third kappa shape index (κ3) is 4.76. The van der Waals surface area contributed by atoms with Crippen molar-refractivity contribution in [2.45, 2.75) is 11.3 Å². The summed E-state index contributed by atoms with van der Waals surface area (Å²) in [5, 5.41) is 7.87. The summed E-state index contributed by atoms with van der Waals surface area (Å²) in [6, 6.07) is 19.2. The Balaban J connectivity index is 1.36. The Bertz CT molecular complexity index is 1410. The fraction of sp³-hybridized carbons (Fsp3) is 0.280. The van der Waals surface area contributed by atoms with Crippen molar-refractivity contribution in [1.82, 2.24) is 19.5 Å². The lowest BCUT2D eigenvalue weighted by Crippen LogP contribution is -2.44. The van der Waals surface area contributed by atoms with Gasteiger partial charge in [-0.3, -0.25) is 0 Å². The molecule has 0 aliphatic carbocycles. The van der Waals surface area contributed by atoms with Gasteiger partial charge in [0.25, 0.3) is 0 Å². The molecule has 0 bridgehead atoms. The van der Waals surface area contributed by atoms with E-state index in [0.29, 0.717) is 29.3 Å². The number of nitrogens with one attached hydrogen (secondary N) is 1. The topological polar surface area (TPSA) is 82.8 Å². The van der Waals surface area contributed by atoms with Crippen molar-refractivity contribution >= 4 is 32.5 Å². The van der Waals surface area contributed by atoms with Crippen LogP contribution in [-0.2, 0) is 16.3 Å². The summed E-state index contributed by atoms with van der Waals surface area (Å²) in [5.74, 6) is 0.706. The number of nitrogens with zero attached hydrogens (tertiary/aromatic N) is 5. The Morgan fingerprint density at radius 1 is 0.912 bits per heavy atom. The summed E-state index contributed by atoms with van der Waals surface area (Å²) in [4.78, 5) is 9.75. The molecule has 1 saturated heterocycles. The number of hydrogen-bond acceptors (Lipinski definition) is 7. The Labute approximate surface area is 199 Å². The number of pyridine rings is 1. The molecule has 0 radical (unpaired) electrons. The molecule has 5 rings (SSSR count). The number of hydrogen-bond donors (Lipinski definition) is 1. The summed E-state index contributed by atoms with van der Waals surface area (Å²) < 4.78 is 26.1. The lowest BCUT2D eigenvalue weighted by Gasteiger charge is -2.34. The number of sulfone groups is 1. The van der Waals surface area contributed by atoms with E-state index in [1.54, 1.807) is 28.8 Å². The van der Waals surface area contributed by atoms with Crippen LogP contribution in [0.4, 0.5) is 17.1 Å². The van der Waals surface area contributed by atoms with Crippen LogP contribution in [0.15, 0.2) is 71.8 Å². The van der Waals surface area contributed by atoms with Crippen LogP contribution in [0.25, 0.3) is 5.65 Å². The molecule has 2 aromatic carbocycles. The Morgan fingerprint density at radius 3 is 2.35 bits per heavy atom. The van der Waals surface area contributed by atoms with Gasteiger partial charge >= 0.3 is 0 Å². The highest BCUT2D eigenvalue weighted by atomic mass is 32.2. The molecule has 1 aliphatic heterocycles. The number of likely N-dealkylation sites (N-methyl/N-ethyl adjacent to an activating group) is 1. The van der Waals surface area contributed by atoms with Crippen LogP contribution in [0.3, 0.4) is 0 Å². The van der Waals surface area contributed by atoms with Crippen molar-refractivity contribution in [3.63, 3.8) is 0 Å². The highest BCUT2D eigenvalue weighted by Crippen LogP contribution is 2.27. The molecule has 0 unspecified atom stereocenters. The van der Waals surface area contributed by atoms with Crippen LogP contribution in [0.1, 0.15) is 11.4 Å². The average Bonchev–Trinajstić information content (AvgIpc) is 3.23. The summed E-state index contributed by atoms with van der Waals surface area (Å²) in [6.07, 6.45) is 3.66. The van der Waals surface area contributed by atoms with E-state index in [1.807, 2.05) is 18.3 Å². The molecule has 4 aromatic rings. The van der Waals surface area contributed by atoms with E-state index in [-0.39, 0.29) is 4.90 Å². The van der Waals surface area contributed by atoms with Crippen molar-refractivity contribution < 1.29 is 8.42 Å². The minimum atomic E-state index is -3.37. The van der Waals surface area contributed by atoms with Crippen LogP contribution in [0.2, 0.25) is 0 Å². The van der Waals surface area contributed by atoms with Gasteiger partial charge in [0.15, 0.2) is 21.3 Å². The normalized spacial score (nSPS) is 15.1. The second-order valence-electron chi connectivity index (χ2n) is 8.74. The first-order chi connectivity index (χ1) is 16.4. The first-order valence-electron chi connectivity index (χ1n) is 11.3. The molecule has 0 amide bonds. The fourth-order valence-corrected chi connectivity index (χ4v) is 5.08. The van der Waals surface area contributed by atoms with Gasteiger partial charge in [0.1, 0.15) is 0 Å². The van der Waals surface area contributed by atoms with E-state index < -0.39 is 9.84 Å². The molecule has 9 heteroatoms. The van der Waals surface area contributed by atoms with Gasteiger partial charge in [0.05, 0.1) is 16.3 Å². The first-order valence-corrected chi connectivity index (χ1v) is 13.2. The first kappa shape index (κ1) is 22.4. The van der Waals surface area contributed by atoms with Gasteiger partial charge in [-0.1, -0.05) is 24.3 Å². The maximum Gasteiger partial charge on any atom is 0.179 e. The summed E-state index contributed by atoms with van der Waals surface area (Å²) in [6.45, 7) is 4.25.